The zero-order valence-corrected chi connectivity index (χ0v) is 11.4. The lowest BCUT2D eigenvalue weighted by Gasteiger charge is -2.50. The number of carbonyl (C=O) groups is 1. The number of aliphatic carboxylic acids is 1. The molecule has 2 bridgehead atoms. The summed E-state index contributed by atoms with van der Waals surface area (Å²) in [5.41, 5.74) is -0.0224. The van der Waals surface area contributed by atoms with Gasteiger partial charge in [-0.3, -0.25) is 0 Å². The number of fused-ring (bicyclic) bond motifs is 3. The second-order valence-electron chi connectivity index (χ2n) is 4.82. The lowest BCUT2D eigenvalue weighted by molar-refractivity contribution is -0.150. The fraction of sp³-hybridized carbons (Fsp3) is 0.909. The normalized spacial score (nSPS) is 37.6. The predicted octanol–water partition coefficient (Wildman–Crippen LogP) is 1.99. The van der Waals surface area contributed by atoms with Crippen molar-refractivity contribution in [2.75, 3.05) is 19.8 Å². The topological polar surface area (TPSA) is 55.8 Å². The zero-order valence-electron chi connectivity index (χ0n) is 9.21. The quantitative estimate of drug-likeness (QED) is 0.473. The highest BCUT2D eigenvalue weighted by atomic mass is 127. The average Bonchev–Trinajstić information content (AvgIpc) is 2.27. The Morgan fingerprint density at radius 1 is 1.38 bits per heavy atom. The molecule has 2 aliphatic heterocycles. The molecular weight excluding hydrogens is 323 g/mol. The van der Waals surface area contributed by atoms with E-state index >= 15 is 0 Å². The van der Waals surface area contributed by atoms with Crippen molar-refractivity contribution in [1.29, 1.82) is 0 Å². The molecule has 0 atom stereocenters. The van der Waals surface area contributed by atoms with Gasteiger partial charge in [0.15, 0.2) is 0 Å². The van der Waals surface area contributed by atoms with Crippen LogP contribution in [0.25, 0.3) is 0 Å². The summed E-state index contributed by atoms with van der Waals surface area (Å²) in [5.74, 6) is -0.906. The van der Waals surface area contributed by atoms with Crippen LogP contribution in [0.15, 0.2) is 0 Å². The van der Waals surface area contributed by atoms with Gasteiger partial charge in [-0.05, 0) is 32.1 Å². The molecule has 92 valence electrons. The molecule has 3 rings (SSSR count). The van der Waals surface area contributed by atoms with E-state index in [-0.39, 0.29) is 12.2 Å². The third kappa shape index (κ3) is 2.87. The minimum absolute atomic E-state index is 0.0224. The Bertz CT molecular complexity index is 255. The van der Waals surface area contributed by atoms with Gasteiger partial charge >= 0.3 is 5.97 Å². The van der Waals surface area contributed by atoms with Crippen LogP contribution in [0.2, 0.25) is 0 Å². The maximum Gasteiger partial charge on any atom is 0.329 e. The first-order valence-electron chi connectivity index (χ1n) is 5.66. The van der Waals surface area contributed by atoms with Crippen molar-refractivity contribution >= 4 is 28.6 Å². The molecule has 16 heavy (non-hydrogen) atoms. The van der Waals surface area contributed by atoms with Crippen molar-refractivity contribution in [2.45, 2.75) is 41.1 Å². The molecule has 3 aliphatic rings. The van der Waals surface area contributed by atoms with Crippen LogP contribution in [0, 0.1) is 0 Å². The van der Waals surface area contributed by atoms with Gasteiger partial charge in [0.1, 0.15) is 6.61 Å². The third-order valence-corrected chi connectivity index (χ3v) is 5.01. The van der Waals surface area contributed by atoms with Gasteiger partial charge in [0.2, 0.25) is 0 Å². The van der Waals surface area contributed by atoms with E-state index in [0.29, 0.717) is 10.0 Å². The molecule has 0 aromatic heterocycles. The number of hydrogen-bond donors (Lipinski definition) is 1. The van der Waals surface area contributed by atoms with Crippen molar-refractivity contribution in [3.8, 4) is 0 Å². The summed E-state index contributed by atoms with van der Waals surface area (Å²) in [6.07, 6.45) is 5.44. The Morgan fingerprint density at radius 3 is 2.56 bits per heavy atom. The fourth-order valence-electron chi connectivity index (χ4n) is 2.46. The van der Waals surface area contributed by atoms with Crippen LogP contribution in [0.3, 0.4) is 0 Å². The molecule has 4 nitrogen and oxygen atoms in total. The number of ether oxygens (including phenoxy) is 2. The highest BCUT2D eigenvalue weighted by molar-refractivity contribution is 14.1. The second kappa shape index (κ2) is 4.78. The van der Waals surface area contributed by atoms with Crippen LogP contribution in [-0.4, -0.2) is 39.9 Å². The summed E-state index contributed by atoms with van der Waals surface area (Å²) in [7, 11) is 0. The van der Waals surface area contributed by atoms with E-state index in [4.69, 9.17) is 14.6 Å². The molecule has 1 aliphatic carbocycles. The summed E-state index contributed by atoms with van der Waals surface area (Å²) in [6, 6.07) is 0. The van der Waals surface area contributed by atoms with Crippen LogP contribution < -0.4 is 0 Å². The van der Waals surface area contributed by atoms with E-state index < -0.39 is 5.97 Å². The molecule has 0 spiro atoms. The molecule has 0 radical (unpaired) electrons. The van der Waals surface area contributed by atoms with E-state index in [2.05, 4.69) is 22.6 Å². The summed E-state index contributed by atoms with van der Waals surface area (Å²) < 4.78 is 11.4. The van der Waals surface area contributed by atoms with Gasteiger partial charge in [0.25, 0.3) is 0 Å². The van der Waals surface area contributed by atoms with Crippen molar-refractivity contribution in [2.24, 2.45) is 0 Å². The minimum atomic E-state index is -0.906. The third-order valence-electron chi connectivity index (χ3n) is 3.62. The van der Waals surface area contributed by atoms with Crippen LogP contribution >= 0.6 is 22.6 Å². The standard InChI is InChI=1S/C11H17IO4/c12-10-1-3-11(4-2-10,16-8-10)5-6-15-7-9(13)14/h1-8H2,(H,13,14). The summed E-state index contributed by atoms with van der Waals surface area (Å²) in [4.78, 5) is 10.3. The number of carboxylic acid groups (broad SMARTS) is 1. The average molecular weight is 340 g/mol. The molecular formula is C11H17IO4. The Hall–Kier alpha value is 0.120. The highest BCUT2D eigenvalue weighted by Gasteiger charge is 2.48. The minimum Gasteiger partial charge on any atom is -0.480 e. The molecule has 0 aromatic carbocycles. The van der Waals surface area contributed by atoms with E-state index in [1.165, 1.54) is 12.8 Å². The lowest BCUT2D eigenvalue weighted by atomic mass is 9.74. The van der Waals surface area contributed by atoms with Crippen molar-refractivity contribution in [1.82, 2.24) is 0 Å². The summed E-state index contributed by atoms with van der Waals surface area (Å²) in [6.45, 7) is 1.12. The smallest absolute Gasteiger partial charge is 0.329 e. The summed E-state index contributed by atoms with van der Waals surface area (Å²) in [5, 5.41) is 8.46. The van der Waals surface area contributed by atoms with Crippen molar-refractivity contribution < 1.29 is 19.4 Å². The molecule has 1 saturated carbocycles. The van der Waals surface area contributed by atoms with Gasteiger partial charge in [-0.1, -0.05) is 22.6 Å². The predicted molar refractivity (Wildman–Crippen MR) is 67.0 cm³/mol. The van der Waals surface area contributed by atoms with E-state index in [9.17, 15) is 4.79 Å². The lowest BCUT2D eigenvalue weighted by Crippen LogP contribution is -2.52. The van der Waals surface area contributed by atoms with E-state index in [0.717, 1.165) is 25.9 Å². The Kier molecular flexibility index (Phi) is 3.75. The first-order valence-corrected chi connectivity index (χ1v) is 6.74. The largest absolute Gasteiger partial charge is 0.480 e. The number of hydrogen-bond acceptors (Lipinski definition) is 3. The number of carboxylic acids is 1. The second-order valence-corrected chi connectivity index (χ2v) is 7.11. The van der Waals surface area contributed by atoms with Gasteiger partial charge in [-0.15, -0.1) is 0 Å². The van der Waals surface area contributed by atoms with Crippen molar-refractivity contribution in [3.63, 3.8) is 0 Å². The maximum atomic E-state index is 10.3. The molecule has 0 aromatic rings. The Morgan fingerprint density at radius 2 is 2.06 bits per heavy atom. The molecule has 2 saturated heterocycles. The number of halogens is 1. The first-order chi connectivity index (χ1) is 7.54. The Labute approximate surface area is 109 Å². The molecule has 2 heterocycles. The molecule has 0 amide bonds. The molecule has 0 unspecified atom stereocenters. The molecule has 3 fully saturated rings. The number of alkyl halides is 1. The van der Waals surface area contributed by atoms with Gasteiger partial charge in [0.05, 0.1) is 18.8 Å². The number of rotatable bonds is 5. The van der Waals surface area contributed by atoms with E-state index in [1.54, 1.807) is 0 Å². The SMILES string of the molecule is O=C(O)COCCC12CCC(I)(CC1)CO2. The van der Waals surface area contributed by atoms with Gasteiger partial charge in [0, 0.05) is 3.42 Å². The first kappa shape index (κ1) is 12.6. The van der Waals surface area contributed by atoms with Gasteiger partial charge in [-0.25, -0.2) is 4.79 Å². The van der Waals surface area contributed by atoms with Gasteiger partial charge in [-0.2, -0.15) is 0 Å². The monoisotopic (exact) mass is 340 g/mol. The maximum absolute atomic E-state index is 10.3. The van der Waals surface area contributed by atoms with Crippen LogP contribution in [-0.2, 0) is 14.3 Å². The van der Waals surface area contributed by atoms with Crippen molar-refractivity contribution in [3.05, 3.63) is 0 Å². The van der Waals surface area contributed by atoms with Crippen LogP contribution in [0.1, 0.15) is 32.1 Å². The van der Waals surface area contributed by atoms with Crippen LogP contribution in [0.4, 0.5) is 0 Å². The van der Waals surface area contributed by atoms with E-state index in [1.807, 2.05) is 0 Å². The molecule has 5 heteroatoms. The van der Waals surface area contributed by atoms with Crippen LogP contribution in [0.5, 0.6) is 0 Å². The zero-order chi connectivity index (χ0) is 11.6. The Balaban J connectivity index is 1.75. The fourth-order valence-corrected chi connectivity index (χ4v) is 3.16. The summed E-state index contributed by atoms with van der Waals surface area (Å²) >= 11 is 2.52. The molecule has 1 N–H and O–H groups in total. The highest BCUT2D eigenvalue weighted by Crippen LogP contribution is 2.49. The van der Waals surface area contributed by atoms with Gasteiger partial charge < -0.3 is 14.6 Å².